The lowest BCUT2D eigenvalue weighted by Crippen LogP contribution is -2.37. The van der Waals surface area contributed by atoms with Gasteiger partial charge < -0.3 is 10.0 Å². The summed E-state index contributed by atoms with van der Waals surface area (Å²) in [5, 5.41) is 8.88. The molecule has 1 aromatic carbocycles. The summed E-state index contributed by atoms with van der Waals surface area (Å²) in [6.07, 6.45) is 1.63. The molecule has 102 valence electrons. The second-order valence-electron chi connectivity index (χ2n) is 4.52. The molecule has 19 heavy (non-hydrogen) atoms. The highest BCUT2D eigenvalue weighted by Gasteiger charge is 2.31. The number of halogens is 2. The summed E-state index contributed by atoms with van der Waals surface area (Å²) in [6, 6.07) is 5.17. The Morgan fingerprint density at radius 3 is 2.74 bits per heavy atom. The third-order valence-corrected chi connectivity index (χ3v) is 4.36. The van der Waals surface area contributed by atoms with Crippen molar-refractivity contribution >= 4 is 43.7 Å². The number of hydrogen-bond acceptors (Lipinski definition) is 2. The van der Waals surface area contributed by atoms with Crippen LogP contribution in [0.4, 0.5) is 0 Å². The Bertz CT molecular complexity index is 519. The molecule has 2 rings (SSSR count). The molecule has 1 saturated heterocycles. The van der Waals surface area contributed by atoms with Crippen molar-refractivity contribution in [1.29, 1.82) is 0 Å². The van der Waals surface area contributed by atoms with Gasteiger partial charge in [0, 0.05) is 21.5 Å². The first-order valence-corrected chi connectivity index (χ1v) is 7.55. The monoisotopic (exact) mass is 389 g/mol. The summed E-state index contributed by atoms with van der Waals surface area (Å²) in [5.74, 6) is -0.970. The number of rotatable bonds is 3. The summed E-state index contributed by atoms with van der Waals surface area (Å²) >= 11 is 6.71. The first-order chi connectivity index (χ1) is 8.99. The van der Waals surface area contributed by atoms with Gasteiger partial charge in [0.25, 0.3) is 5.91 Å². The molecule has 0 bridgehead atoms. The van der Waals surface area contributed by atoms with E-state index < -0.39 is 5.97 Å². The van der Waals surface area contributed by atoms with E-state index in [0.717, 1.165) is 17.3 Å². The Labute approximate surface area is 128 Å². The zero-order chi connectivity index (χ0) is 14.0. The molecule has 0 radical (unpaired) electrons. The second kappa shape index (κ2) is 6.05. The van der Waals surface area contributed by atoms with Gasteiger partial charge in [-0.3, -0.25) is 9.59 Å². The minimum atomic E-state index is -0.862. The number of amides is 1. The maximum Gasteiger partial charge on any atom is 0.305 e. The molecule has 0 spiro atoms. The molecule has 1 unspecified atom stereocenters. The van der Waals surface area contributed by atoms with Crippen LogP contribution in [0.3, 0.4) is 0 Å². The van der Waals surface area contributed by atoms with Crippen molar-refractivity contribution in [3.05, 3.63) is 32.7 Å². The number of carbonyl (C=O) groups is 2. The average Bonchev–Trinajstić information content (AvgIpc) is 2.75. The molecular weight excluding hydrogens is 378 g/mol. The minimum absolute atomic E-state index is 0.0138. The normalized spacial score (nSPS) is 18.6. The molecular formula is C13H13Br2NO3. The molecule has 1 amide bonds. The molecule has 0 aromatic heterocycles. The molecule has 1 fully saturated rings. The van der Waals surface area contributed by atoms with E-state index in [-0.39, 0.29) is 18.4 Å². The van der Waals surface area contributed by atoms with Gasteiger partial charge in [-0.1, -0.05) is 15.9 Å². The molecule has 1 aliphatic rings. The van der Waals surface area contributed by atoms with Gasteiger partial charge in [-0.25, -0.2) is 0 Å². The van der Waals surface area contributed by atoms with Crippen molar-refractivity contribution in [1.82, 2.24) is 4.90 Å². The van der Waals surface area contributed by atoms with Crippen molar-refractivity contribution in [3.63, 3.8) is 0 Å². The SMILES string of the molecule is O=C(O)CC1CCCN1C(=O)c1ccc(Br)cc1Br. The number of carboxylic acid groups (broad SMARTS) is 1. The van der Waals surface area contributed by atoms with Crippen molar-refractivity contribution in [3.8, 4) is 0 Å². The van der Waals surface area contributed by atoms with Crippen LogP contribution in [0.15, 0.2) is 27.1 Å². The van der Waals surface area contributed by atoms with Crippen molar-refractivity contribution in [2.45, 2.75) is 25.3 Å². The van der Waals surface area contributed by atoms with Crippen LogP contribution in [0.5, 0.6) is 0 Å². The summed E-state index contributed by atoms with van der Waals surface area (Å²) in [7, 11) is 0. The third kappa shape index (κ3) is 3.36. The fourth-order valence-corrected chi connectivity index (χ4v) is 3.55. The van der Waals surface area contributed by atoms with Gasteiger partial charge in [-0.15, -0.1) is 0 Å². The fourth-order valence-electron chi connectivity index (χ4n) is 2.33. The largest absolute Gasteiger partial charge is 0.481 e. The highest BCUT2D eigenvalue weighted by atomic mass is 79.9. The van der Waals surface area contributed by atoms with Crippen molar-refractivity contribution in [2.75, 3.05) is 6.54 Å². The van der Waals surface area contributed by atoms with Crippen molar-refractivity contribution in [2.24, 2.45) is 0 Å². The molecule has 0 aliphatic carbocycles. The van der Waals surface area contributed by atoms with E-state index in [1.165, 1.54) is 0 Å². The Morgan fingerprint density at radius 2 is 2.11 bits per heavy atom. The molecule has 1 atom stereocenters. The van der Waals surface area contributed by atoms with Gasteiger partial charge in [0.05, 0.1) is 12.0 Å². The standard InChI is InChI=1S/C13H13Br2NO3/c14-8-3-4-10(11(15)6-8)13(19)16-5-1-2-9(16)7-12(17)18/h3-4,6,9H,1-2,5,7H2,(H,17,18). The highest BCUT2D eigenvalue weighted by Crippen LogP contribution is 2.27. The van der Waals surface area contributed by atoms with E-state index in [0.29, 0.717) is 16.6 Å². The van der Waals surface area contributed by atoms with Gasteiger partial charge in [0.1, 0.15) is 0 Å². The summed E-state index contributed by atoms with van der Waals surface area (Å²) in [6.45, 7) is 0.624. The number of likely N-dealkylation sites (tertiary alicyclic amines) is 1. The van der Waals surface area contributed by atoms with Gasteiger partial charge in [0.15, 0.2) is 0 Å². The zero-order valence-corrected chi connectivity index (χ0v) is 13.3. The molecule has 1 aromatic rings. The maximum absolute atomic E-state index is 12.5. The smallest absolute Gasteiger partial charge is 0.305 e. The number of carbonyl (C=O) groups excluding carboxylic acids is 1. The van der Waals surface area contributed by atoms with E-state index in [4.69, 9.17) is 5.11 Å². The van der Waals surface area contributed by atoms with E-state index in [2.05, 4.69) is 31.9 Å². The molecule has 6 heteroatoms. The van der Waals surface area contributed by atoms with E-state index in [1.54, 1.807) is 17.0 Å². The van der Waals surface area contributed by atoms with Crippen LogP contribution in [0.25, 0.3) is 0 Å². The third-order valence-electron chi connectivity index (χ3n) is 3.21. The van der Waals surface area contributed by atoms with E-state index in [1.807, 2.05) is 6.07 Å². The Balaban J connectivity index is 2.20. The molecule has 0 saturated carbocycles. The molecule has 1 aliphatic heterocycles. The number of aliphatic carboxylic acids is 1. The van der Waals surface area contributed by atoms with Crippen LogP contribution in [0, 0.1) is 0 Å². The van der Waals surface area contributed by atoms with Crippen LogP contribution in [-0.2, 0) is 4.79 Å². The second-order valence-corrected chi connectivity index (χ2v) is 6.29. The fraction of sp³-hybridized carbons (Fsp3) is 0.385. The first-order valence-electron chi connectivity index (χ1n) is 5.97. The van der Waals surface area contributed by atoms with E-state index in [9.17, 15) is 9.59 Å². The van der Waals surface area contributed by atoms with Gasteiger partial charge in [0.2, 0.25) is 0 Å². The van der Waals surface area contributed by atoms with Crippen LogP contribution >= 0.6 is 31.9 Å². The van der Waals surface area contributed by atoms with Gasteiger partial charge in [-0.2, -0.15) is 0 Å². The number of benzene rings is 1. The topological polar surface area (TPSA) is 57.6 Å². The summed E-state index contributed by atoms with van der Waals surface area (Å²) < 4.78 is 1.60. The summed E-state index contributed by atoms with van der Waals surface area (Å²) in [5.41, 5.74) is 0.570. The van der Waals surface area contributed by atoms with Crippen molar-refractivity contribution < 1.29 is 14.7 Å². The number of hydrogen-bond donors (Lipinski definition) is 1. The lowest BCUT2D eigenvalue weighted by atomic mass is 10.1. The average molecular weight is 391 g/mol. The Morgan fingerprint density at radius 1 is 1.37 bits per heavy atom. The number of carboxylic acids is 1. The Hall–Kier alpha value is -0.880. The van der Waals surface area contributed by atoms with Crippen LogP contribution < -0.4 is 0 Å². The molecule has 1 heterocycles. The highest BCUT2D eigenvalue weighted by molar-refractivity contribution is 9.11. The molecule has 1 N–H and O–H groups in total. The van der Waals surface area contributed by atoms with Gasteiger partial charge in [-0.05, 0) is 47.0 Å². The van der Waals surface area contributed by atoms with Gasteiger partial charge >= 0.3 is 5.97 Å². The Kier molecular flexibility index (Phi) is 4.62. The van der Waals surface area contributed by atoms with Crippen LogP contribution in [-0.4, -0.2) is 34.5 Å². The molecule has 4 nitrogen and oxygen atoms in total. The minimum Gasteiger partial charge on any atom is -0.481 e. The maximum atomic E-state index is 12.5. The lowest BCUT2D eigenvalue weighted by Gasteiger charge is -2.24. The van der Waals surface area contributed by atoms with E-state index >= 15 is 0 Å². The predicted molar refractivity (Wildman–Crippen MR) is 78.2 cm³/mol. The quantitative estimate of drug-likeness (QED) is 0.861. The van der Waals surface area contributed by atoms with Crippen LogP contribution in [0.2, 0.25) is 0 Å². The predicted octanol–water partition coefficient (Wildman–Crippen LogP) is 3.29. The lowest BCUT2D eigenvalue weighted by molar-refractivity contribution is -0.137. The first kappa shape index (κ1) is 14.5. The van der Waals surface area contributed by atoms with Crippen LogP contribution in [0.1, 0.15) is 29.6 Å². The zero-order valence-electron chi connectivity index (χ0n) is 10.1. The summed E-state index contributed by atoms with van der Waals surface area (Å²) in [4.78, 5) is 24.9. The number of nitrogens with zero attached hydrogens (tertiary/aromatic N) is 1.